The van der Waals surface area contributed by atoms with Crippen molar-refractivity contribution in [3.63, 3.8) is 0 Å². The highest BCUT2D eigenvalue weighted by Gasteiger charge is 2.26. The first-order chi connectivity index (χ1) is 13.9. The maximum atomic E-state index is 13.0. The van der Waals surface area contributed by atoms with Gasteiger partial charge in [0.25, 0.3) is 5.91 Å². The van der Waals surface area contributed by atoms with Gasteiger partial charge in [0, 0.05) is 55.6 Å². The zero-order valence-corrected chi connectivity index (χ0v) is 17.1. The Morgan fingerprint density at radius 2 is 2.14 bits per heavy atom. The summed E-state index contributed by atoms with van der Waals surface area (Å²) >= 11 is 0. The summed E-state index contributed by atoms with van der Waals surface area (Å²) in [6.45, 7) is 2.71. The second kappa shape index (κ2) is 7.85. The molecule has 0 aliphatic carbocycles. The van der Waals surface area contributed by atoms with Gasteiger partial charge < -0.3 is 15.3 Å². The Morgan fingerprint density at radius 3 is 2.90 bits per heavy atom. The molecule has 1 saturated heterocycles. The third-order valence-corrected chi connectivity index (χ3v) is 5.61. The maximum Gasteiger partial charge on any atom is 0.276 e. The lowest BCUT2D eigenvalue weighted by atomic mass is 10.1. The summed E-state index contributed by atoms with van der Waals surface area (Å²) in [5.74, 6) is -0.0676. The largest absolute Gasteiger partial charge is 0.508 e. The van der Waals surface area contributed by atoms with E-state index in [0.29, 0.717) is 24.0 Å². The number of hydrogen-bond donors (Lipinski definition) is 2. The van der Waals surface area contributed by atoms with Crippen molar-refractivity contribution in [2.45, 2.75) is 19.0 Å². The number of likely N-dealkylation sites (tertiary alicyclic amines) is 1. The van der Waals surface area contributed by atoms with E-state index in [2.05, 4.69) is 34.3 Å². The van der Waals surface area contributed by atoms with Crippen LogP contribution in [0.3, 0.4) is 0 Å². The molecule has 1 fully saturated rings. The lowest BCUT2D eigenvalue weighted by Gasteiger charge is -2.20. The van der Waals surface area contributed by atoms with Crippen molar-refractivity contribution in [2.75, 3.05) is 32.5 Å². The zero-order valence-electron chi connectivity index (χ0n) is 17.1. The molecule has 3 aromatic rings. The average molecular weight is 393 g/mol. The first-order valence-electron chi connectivity index (χ1n) is 9.85. The molecule has 1 unspecified atom stereocenters. The van der Waals surface area contributed by atoms with E-state index >= 15 is 0 Å². The smallest absolute Gasteiger partial charge is 0.276 e. The Bertz CT molecular complexity index is 1040. The number of phenols is 1. The van der Waals surface area contributed by atoms with Crippen molar-refractivity contribution in [1.29, 1.82) is 0 Å². The van der Waals surface area contributed by atoms with Crippen molar-refractivity contribution >= 4 is 22.4 Å². The fourth-order valence-electron chi connectivity index (χ4n) is 4.01. The van der Waals surface area contributed by atoms with Gasteiger partial charge in [-0.3, -0.25) is 14.4 Å². The van der Waals surface area contributed by atoms with Gasteiger partial charge in [0.05, 0.1) is 0 Å². The topological polar surface area (TPSA) is 73.6 Å². The number of aryl methyl sites for hydroxylation is 1. The monoisotopic (exact) mass is 393 g/mol. The van der Waals surface area contributed by atoms with Gasteiger partial charge in [-0.15, -0.1) is 0 Å². The van der Waals surface area contributed by atoms with Crippen molar-refractivity contribution in [1.82, 2.24) is 19.6 Å². The first kappa shape index (κ1) is 19.4. The molecule has 2 N–H and O–H groups in total. The van der Waals surface area contributed by atoms with E-state index in [1.165, 1.54) is 0 Å². The van der Waals surface area contributed by atoms with Crippen LogP contribution in [0.5, 0.6) is 5.75 Å². The van der Waals surface area contributed by atoms with Crippen molar-refractivity contribution in [2.24, 2.45) is 7.05 Å². The fourth-order valence-corrected chi connectivity index (χ4v) is 4.01. The van der Waals surface area contributed by atoms with Crippen molar-refractivity contribution < 1.29 is 9.90 Å². The van der Waals surface area contributed by atoms with Crippen LogP contribution in [0.25, 0.3) is 10.8 Å². The molecular weight excluding hydrogens is 366 g/mol. The van der Waals surface area contributed by atoms with Crippen molar-refractivity contribution in [3.05, 3.63) is 53.9 Å². The lowest BCUT2D eigenvalue weighted by Crippen LogP contribution is -2.31. The second-order valence-electron chi connectivity index (χ2n) is 7.98. The van der Waals surface area contributed by atoms with Crippen LogP contribution in [-0.4, -0.2) is 63.8 Å². The fraction of sp³-hybridized carbons (Fsp3) is 0.364. The van der Waals surface area contributed by atoms with Gasteiger partial charge in [0.2, 0.25) is 0 Å². The quantitative estimate of drug-likeness (QED) is 0.697. The summed E-state index contributed by atoms with van der Waals surface area (Å²) in [4.78, 5) is 17.7. The second-order valence-corrected chi connectivity index (χ2v) is 7.98. The van der Waals surface area contributed by atoms with Gasteiger partial charge in [-0.2, -0.15) is 5.10 Å². The Labute approximate surface area is 170 Å². The van der Waals surface area contributed by atoms with Gasteiger partial charge >= 0.3 is 0 Å². The van der Waals surface area contributed by atoms with E-state index < -0.39 is 0 Å². The van der Waals surface area contributed by atoms with Crippen molar-refractivity contribution in [3.8, 4) is 5.75 Å². The SMILES string of the molecule is CN(C)C1CCN(Cc2cn(C)nc2C(=O)Nc2cccc3ccc(O)cc23)C1. The number of nitrogens with zero attached hydrogens (tertiary/aromatic N) is 4. The van der Waals surface area contributed by atoms with Crippen LogP contribution in [-0.2, 0) is 13.6 Å². The van der Waals surface area contributed by atoms with Gasteiger partial charge in [-0.25, -0.2) is 0 Å². The minimum atomic E-state index is -0.236. The zero-order chi connectivity index (χ0) is 20.5. The number of benzene rings is 2. The van der Waals surface area contributed by atoms with E-state index in [1.54, 1.807) is 16.8 Å². The van der Waals surface area contributed by atoms with Gasteiger partial charge in [-0.05, 0) is 44.1 Å². The predicted molar refractivity (Wildman–Crippen MR) is 114 cm³/mol. The molecule has 4 rings (SSSR count). The molecule has 1 aliphatic heterocycles. The molecule has 0 bridgehead atoms. The highest BCUT2D eigenvalue weighted by atomic mass is 16.3. The molecule has 0 radical (unpaired) electrons. The number of carbonyl (C=O) groups is 1. The molecule has 152 valence electrons. The number of aromatic nitrogens is 2. The molecule has 1 amide bonds. The molecule has 1 aromatic heterocycles. The Morgan fingerprint density at radius 1 is 1.31 bits per heavy atom. The average Bonchev–Trinajstić information content (AvgIpc) is 3.29. The number of likely N-dealkylation sites (N-methyl/N-ethyl adjacent to an activating group) is 1. The summed E-state index contributed by atoms with van der Waals surface area (Å²) in [7, 11) is 6.06. The van der Waals surface area contributed by atoms with E-state index in [0.717, 1.165) is 35.8 Å². The third-order valence-electron chi connectivity index (χ3n) is 5.61. The van der Waals surface area contributed by atoms with Crippen LogP contribution in [0.15, 0.2) is 42.6 Å². The summed E-state index contributed by atoms with van der Waals surface area (Å²) < 4.78 is 1.69. The number of hydrogen-bond acceptors (Lipinski definition) is 5. The highest BCUT2D eigenvalue weighted by molar-refractivity contribution is 6.09. The lowest BCUT2D eigenvalue weighted by molar-refractivity contribution is 0.102. The molecule has 1 aliphatic rings. The number of nitrogens with one attached hydrogen (secondary N) is 1. The molecule has 1 atom stereocenters. The van der Waals surface area contributed by atoms with Gasteiger partial charge in [0.15, 0.2) is 5.69 Å². The molecule has 0 spiro atoms. The van der Waals surface area contributed by atoms with Crippen LogP contribution >= 0.6 is 0 Å². The number of rotatable bonds is 5. The normalized spacial score (nSPS) is 17.3. The minimum absolute atomic E-state index is 0.169. The number of fused-ring (bicyclic) bond motifs is 1. The molecule has 2 aromatic carbocycles. The minimum Gasteiger partial charge on any atom is -0.508 e. The van der Waals surface area contributed by atoms with Gasteiger partial charge in [-0.1, -0.05) is 18.2 Å². The molecular formula is C22H27N5O2. The van der Waals surface area contributed by atoms with E-state index in [-0.39, 0.29) is 11.7 Å². The Balaban J connectivity index is 1.55. The summed E-state index contributed by atoms with van der Waals surface area (Å²) in [6.07, 6.45) is 3.06. The maximum absolute atomic E-state index is 13.0. The van der Waals surface area contributed by atoms with Crippen LogP contribution in [0, 0.1) is 0 Å². The van der Waals surface area contributed by atoms with Crippen LogP contribution in [0.2, 0.25) is 0 Å². The summed E-state index contributed by atoms with van der Waals surface area (Å²) in [6, 6.07) is 11.4. The van der Waals surface area contributed by atoms with E-state index in [9.17, 15) is 9.90 Å². The van der Waals surface area contributed by atoms with E-state index in [4.69, 9.17) is 0 Å². The standard InChI is InChI=1S/C22H27N5O2/c1-25(2)17-9-10-27(14-17)13-16-12-26(3)24-21(16)22(29)23-20-6-4-5-15-7-8-18(28)11-19(15)20/h4-8,11-12,17,28H,9-10,13-14H2,1-3H3,(H,23,29). The first-order valence-corrected chi connectivity index (χ1v) is 9.85. The van der Waals surface area contributed by atoms with Crippen LogP contribution < -0.4 is 5.32 Å². The molecule has 7 nitrogen and oxygen atoms in total. The number of amides is 1. The van der Waals surface area contributed by atoms with E-state index in [1.807, 2.05) is 37.5 Å². The predicted octanol–water partition coefficient (Wildman–Crippen LogP) is 2.67. The number of aromatic hydroxyl groups is 1. The molecule has 29 heavy (non-hydrogen) atoms. The van der Waals surface area contributed by atoms with Crippen LogP contribution in [0.1, 0.15) is 22.5 Å². The Hall–Kier alpha value is -2.90. The summed E-state index contributed by atoms with van der Waals surface area (Å²) in [5.41, 5.74) is 2.03. The molecule has 2 heterocycles. The molecule has 7 heteroatoms. The Kier molecular flexibility index (Phi) is 5.25. The number of anilines is 1. The number of phenolic OH excluding ortho intramolecular Hbond substituents is 1. The summed E-state index contributed by atoms with van der Waals surface area (Å²) in [5, 5.41) is 19.0. The number of carbonyl (C=O) groups excluding carboxylic acids is 1. The van der Waals surface area contributed by atoms with Gasteiger partial charge in [0.1, 0.15) is 5.75 Å². The third kappa shape index (κ3) is 4.11. The molecule has 0 saturated carbocycles. The highest BCUT2D eigenvalue weighted by Crippen LogP contribution is 2.27. The van der Waals surface area contributed by atoms with Crippen LogP contribution in [0.4, 0.5) is 5.69 Å².